The molecule has 2 aliphatic heterocycles. The monoisotopic (exact) mass is 480 g/mol. The molecule has 2 aromatic carbocycles. The van der Waals surface area contributed by atoms with Crippen LogP contribution in [0.4, 0.5) is 0 Å². The third-order valence-corrected chi connectivity index (χ3v) is 8.15. The van der Waals surface area contributed by atoms with Crippen LogP contribution in [-0.2, 0) is 4.79 Å². The van der Waals surface area contributed by atoms with Gasteiger partial charge in [0.1, 0.15) is 0 Å². The average molecular weight is 481 g/mol. The lowest BCUT2D eigenvalue weighted by molar-refractivity contribution is -0.129. The first-order chi connectivity index (χ1) is 16.2. The Balaban J connectivity index is 1.10. The summed E-state index contributed by atoms with van der Waals surface area (Å²) in [5, 5.41) is 8.74. The SMILES string of the molecule is O=C(CSc1nnc(-c2ccc(SN3CCCC3)cc2)o1)N1CCC(c2ccccc2)CC1. The van der Waals surface area contributed by atoms with E-state index in [-0.39, 0.29) is 5.91 Å². The molecule has 0 radical (unpaired) electrons. The standard InChI is InChI=1S/C25H28N4O2S2/c30-23(28-16-12-20(13-17-28)19-6-2-1-3-7-19)18-32-25-27-26-24(31-25)21-8-10-22(11-9-21)33-29-14-4-5-15-29/h1-3,6-11,20H,4-5,12-18H2. The van der Waals surface area contributed by atoms with E-state index in [4.69, 9.17) is 4.42 Å². The zero-order valence-electron chi connectivity index (χ0n) is 18.6. The van der Waals surface area contributed by atoms with Gasteiger partial charge in [0.2, 0.25) is 11.8 Å². The number of hydrogen-bond donors (Lipinski definition) is 0. The highest BCUT2D eigenvalue weighted by atomic mass is 32.2. The van der Waals surface area contributed by atoms with Gasteiger partial charge in [-0.1, -0.05) is 42.1 Å². The predicted octanol–water partition coefficient (Wildman–Crippen LogP) is 5.34. The number of amides is 1. The van der Waals surface area contributed by atoms with E-state index >= 15 is 0 Å². The summed E-state index contributed by atoms with van der Waals surface area (Å²) in [4.78, 5) is 15.9. The summed E-state index contributed by atoms with van der Waals surface area (Å²) in [6.45, 7) is 3.91. The summed E-state index contributed by atoms with van der Waals surface area (Å²) in [7, 11) is 0. The molecule has 0 bridgehead atoms. The lowest BCUT2D eigenvalue weighted by Crippen LogP contribution is -2.38. The molecule has 33 heavy (non-hydrogen) atoms. The molecule has 2 saturated heterocycles. The summed E-state index contributed by atoms with van der Waals surface area (Å²) in [5.74, 6) is 1.49. The molecule has 2 aliphatic rings. The van der Waals surface area contributed by atoms with Crippen LogP contribution in [0.2, 0.25) is 0 Å². The van der Waals surface area contributed by atoms with Crippen LogP contribution >= 0.6 is 23.7 Å². The van der Waals surface area contributed by atoms with Gasteiger partial charge in [-0.3, -0.25) is 4.79 Å². The first-order valence-corrected chi connectivity index (χ1v) is 13.3. The van der Waals surface area contributed by atoms with E-state index in [1.54, 1.807) is 11.9 Å². The molecule has 2 fully saturated rings. The number of thioether (sulfide) groups is 1. The van der Waals surface area contributed by atoms with Gasteiger partial charge in [-0.05, 0) is 73.4 Å². The minimum Gasteiger partial charge on any atom is -0.411 e. The van der Waals surface area contributed by atoms with E-state index in [2.05, 4.69) is 50.9 Å². The Kier molecular flexibility index (Phi) is 7.34. The first-order valence-electron chi connectivity index (χ1n) is 11.6. The Morgan fingerprint density at radius 3 is 2.39 bits per heavy atom. The third kappa shape index (κ3) is 5.80. The van der Waals surface area contributed by atoms with Crippen molar-refractivity contribution in [2.24, 2.45) is 0 Å². The molecule has 1 amide bonds. The van der Waals surface area contributed by atoms with Gasteiger partial charge in [-0.2, -0.15) is 0 Å². The highest BCUT2D eigenvalue weighted by molar-refractivity contribution is 7.99. The van der Waals surface area contributed by atoms with Crippen molar-refractivity contribution in [1.82, 2.24) is 19.4 Å². The van der Waals surface area contributed by atoms with Crippen LogP contribution < -0.4 is 0 Å². The summed E-state index contributed by atoms with van der Waals surface area (Å²) in [5.41, 5.74) is 2.27. The number of nitrogens with zero attached hydrogens (tertiary/aromatic N) is 4. The van der Waals surface area contributed by atoms with Crippen LogP contribution in [0.1, 0.15) is 37.2 Å². The Bertz CT molecular complexity index is 1040. The third-order valence-electron chi connectivity index (χ3n) is 6.25. The zero-order valence-corrected chi connectivity index (χ0v) is 20.2. The van der Waals surface area contributed by atoms with Crippen LogP contribution in [0.15, 0.2) is 69.1 Å². The molecular weight excluding hydrogens is 452 g/mol. The Morgan fingerprint density at radius 2 is 1.67 bits per heavy atom. The van der Waals surface area contributed by atoms with Gasteiger partial charge in [0.15, 0.2) is 0 Å². The topological polar surface area (TPSA) is 62.5 Å². The number of piperidine rings is 1. The number of rotatable bonds is 7. The molecule has 5 rings (SSSR count). The van der Waals surface area contributed by atoms with Crippen LogP contribution in [0.5, 0.6) is 0 Å². The minimum absolute atomic E-state index is 0.134. The molecule has 6 nitrogen and oxygen atoms in total. The minimum atomic E-state index is 0.134. The number of hydrogen-bond acceptors (Lipinski definition) is 7. The van der Waals surface area contributed by atoms with E-state index in [1.165, 1.54) is 35.1 Å². The number of carbonyl (C=O) groups excluding carboxylic acids is 1. The van der Waals surface area contributed by atoms with Crippen LogP contribution in [0, 0.1) is 0 Å². The highest BCUT2D eigenvalue weighted by Crippen LogP contribution is 2.30. The number of likely N-dealkylation sites (tertiary alicyclic amines) is 1. The van der Waals surface area contributed by atoms with Gasteiger partial charge in [-0.15, -0.1) is 10.2 Å². The Hall–Kier alpha value is -2.29. The maximum absolute atomic E-state index is 12.7. The normalized spacial score (nSPS) is 17.5. The maximum Gasteiger partial charge on any atom is 0.277 e. The second kappa shape index (κ2) is 10.8. The number of aromatic nitrogens is 2. The summed E-state index contributed by atoms with van der Waals surface area (Å²) in [6, 6.07) is 18.8. The Morgan fingerprint density at radius 1 is 0.939 bits per heavy atom. The lowest BCUT2D eigenvalue weighted by atomic mass is 9.89. The van der Waals surface area contributed by atoms with Crippen molar-refractivity contribution in [3.05, 3.63) is 60.2 Å². The van der Waals surface area contributed by atoms with Crippen molar-refractivity contribution in [1.29, 1.82) is 0 Å². The molecule has 172 valence electrons. The fourth-order valence-electron chi connectivity index (χ4n) is 4.37. The average Bonchev–Trinajstić information content (AvgIpc) is 3.56. The van der Waals surface area contributed by atoms with Crippen LogP contribution in [0.25, 0.3) is 11.5 Å². The number of benzene rings is 2. The quantitative estimate of drug-likeness (QED) is 0.334. The highest BCUT2D eigenvalue weighted by Gasteiger charge is 2.24. The van der Waals surface area contributed by atoms with Crippen molar-refractivity contribution in [2.45, 2.75) is 41.7 Å². The van der Waals surface area contributed by atoms with Gasteiger partial charge in [-0.25, -0.2) is 4.31 Å². The van der Waals surface area contributed by atoms with Gasteiger partial charge in [0, 0.05) is 36.6 Å². The van der Waals surface area contributed by atoms with E-state index in [0.717, 1.165) is 44.6 Å². The first kappa shape index (κ1) is 22.5. The second-order valence-electron chi connectivity index (χ2n) is 8.48. The molecule has 0 N–H and O–H groups in total. The van der Waals surface area contributed by atoms with E-state index in [1.807, 2.05) is 23.1 Å². The van der Waals surface area contributed by atoms with E-state index in [0.29, 0.717) is 22.8 Å². The molecule has 0 spiro atoms. The maximum atomic E-state index is 12.7. The molecule has 8 heteroatoms. The molecule has 3 heterocycles. The van der Waals surface area contributed by atoms with E-state index < -0.39 is 0 Å². The van der Waals surface area contributed by atoms with Crippen molar-refractivity contribution in [2.75, 3.05) is 31.9 Å². The Labute approximate surface area is 203 Å². The predicted molar refractivity (Wildman–Crippen MR) is 132 cm³/mol. The summed E-state index contributed by atoms with van der Waals surface area (Å²) < 4.78 is 8.21. The zero-order chi connectivity index (χ0) is 22.5. The smallest absolute Gasteiger partial charge is 0.277 e. The van der Waals surface area contributed by atoms with Crippen molar-refractivity contribution in [3.63, 3.8) is 0 Å². The lowest BCUT2D eigenvalue weighted by Gasteiger charge is -2.32. The summed E-state index contributed by atoms with van der Waals surface area (Å²) in [6.07, 6.45) is 4.58. The molecule has 0 saturated carbocycles. The van der Waals surface area contributed by atoms with Crippen molar-refractivity contribution in [3.8, 4) is 11.5 Å². The second-order valence-corrected chi connectivity index (χ2v) is 10.6. The van der Waals surface area contributed by atoms with Crippen molar-refractivity contribution >= 4 is 29.6 Å². The fraction of sp³-hybridized carbons (Fsp3) is 0.400. The summed E-state index contributed by atoms with van der Waals surface area (Å²) >= 11 is 3.12. The van der Waals surface area contributed by atoms with Crippen LogP contribution in [0.3, 0.4) is 0 Å². The molecule has 3 aromatic rings. The molecule has 0 atom stereocenters. The van der Waals surface area contributed by atoms with Gasteiger partial charge < -0.3 is 9.32 Å². The van der Waals surface area contributed by atoms with Gasteiger partial charge in [0.25, 0.3) is 5.22 Å². The molecule has 1 aromatic heterocycles. The largest absolute Gasteiger partial charge is 0.411 e. The molecule has 0 unspecified atom stereocenters. The van der Waals surface area contributed by atoms with Crippen LogP contribution in [-0.4, -0.2) is 57.2 Å². The fourth-order valence-corrected chi connectivity index (χ4v) is 6.04. The van der Waals surface area contributed by atoms with Crippen molar-refractivity contribution < 1.29 is 9.21 Å². The molecular formula is C25H28N4O2S2. The van der Waals surface area contributed by atoms with Gasteiger partial charge in [0.05, 0.1) is 5.75 Å². The molecule has 0 aliphatic carbocycles. The number of carbonyl (C=O) groups is 1. The van der Waals surface area contributed by atoms with Gasteiger partial charge >= 0.3 is 0 Å². The van der Waals surface area contributed by atoms with E-state index in [9.17, 15) is 4.79 Å².